The summed E-state index contributed by atoms with van der Waals surface area (Å²) in [6.45, 7) is 2.43. The van der Waals surface area contributed by atoms with E-state index in [4.69, 9.17) is 10.00 Å². The molecule has 2 aromatic carbocycles. The molecule has 0 amide bonds. The number of anilines is 1. The summed E-state index contributed by atoms with van der Waals surface area (Å²) in [5.41, 5.74) is 3.06. The number of nitriles is 1. The molecule has 0 aromatic heterocycles. The summed E-state index contributed by atoms with van der Waals surface area (Å²) < 4.78 is 18.5. The topological polar surface area (TPSA) is 45.0 Å². The fourth-order valence-electron chi connectivity index (χ4n) is 1.98. The Labute approximate surface area is 117 Å². The zero-order chi connectivity index (χ0) is 14.5. The van der Waals surface area contributed by atoms with Crippen molar-refractivity contribution in [1.82, 2.24) is 0 Å². The number of halogens is 1. The van der Waals surface area contributed by atoms with E-state index in [1.165, 1.54) is 12.1 Å². The molecule has 0 atom stereocenters. The van der Waals surface area contributed by atoms with Crippen molar-refractivity contribution >= 4 is 5.69 Å². The van der Waals surface area contributed by atoms with Gasteiger partial charge in [0.05, 0.1) is 18.7 Å². The number of rotatable bonds is 4. The Hall–Kier alpha value is -2.54. The molecule has 0 saturated carbocycles. The molecule has 0 fully saturated rings. The molecule has 102 valence electrons. The lowest BCUT2D eigenvalue weighted by molar-refractivity contribution is 0.414. The van der Waals surface area contributed by atoms with Gasteiger partial charge >= 0.3 is 0 Å². The maximum atomic E-state index is 13.3. The van der Waals surface area contributed by atoms with Gasteiger partial charge in [-0.1, -0.05) is 0 Å². The molecule has 0 unspecified atom stereocenters. The maximum Gasteiger partial charge on any atom is 0.124 e. The van der Waals surface area contributed by atoms with Crippen LogP contribution >= 0.6 is 0 Å². The predicted molar refractivity (Wildman–Crippen MR) is 76.2 cm³/mol. The third-order valence-corrected chi connectivity index (χ3v) is 3.00. The summed E-state index contributed by atoms with van der Waals surface area (Å²) >= 11 is 0. The lowest BCUT2D eigenvalue weighted by Gasteiger charge is -2.11. The number of aryl methyl sites for hydroxylation is 1. The molecule has 2 rings (SSSR count). The van der Waals surface area contributed by atoms with Crippen molar-refractivity contribution in [2.45, 2.75) is 13.5 Å². The Morgan fingerprint density at radius 2 is 2.05 bits per heavy atom. The molecule has 0 bridgehead atoms. The quantitative estimate of drug-likeness (QED) is 0.922. The first-order valence-corrected chi connectivity index (χ1v) is 6.20. The number of nitrogens with zero attached hydrogens (tertiary/aromatic N) is 1. The van der Waals surface area contributed by atoms with E-state index in [1.807, 2.05) is 31.2 Å². The van der Waals surface area contributed by atoms with E-state index in [1.54, 1.807) is 13.2 Å². The maximum absolute atomic E-state index is 13.3. The lowest BCUT2D eigenvalue weighted by atomic mass is 10.1. The van der Waals surface area contributed by atoms with Gasteiger partial charge in [-0.3, -0.25) is 0 Å². The number of nitrogens with one attached hydrogen (secondary N) is 1. The van der Waals surface area contributed by atoms with Crippen LogP contribution in [0.25, 0.3) is 0 Å². The minimum atomic E-state index is -0.396. The second-order valence-corrected chi connectivity index (χ2v) is 4.49. The third kappa shape index (κ3) is 3.27. The van der Waals surface area contributed by atoms with Gasteiger partial charge in [-0.25, -0.2) is 4.39 Å². The van der Waals surface area contributed by atoms with Gasteiger partial charge in [-0.2, -0.15) is 5.26 Å². The highest BCUT2D eigenvalue weighted by atomic mass is 19.1. The average molecular weight is 270 g/mol. The molecule has 0 radical (unpaired) electrons. The minimum Gasteiger partial charge on any atom is -0.497 e. The second-order valence-electron chi connectivity index (χ2n) is 4.49. The van der Waals surface area contributed by atoms with Gasteiger partial charge in [0.2, 0.25) is 0 Å². The van der Waals surface area contributed by atoms with Crippen LogP contribution in [0.15, 0.2) is 36.4 Å². The van der Waals surface area contributed by atoms with Crippen LogP contribution in [-0.2, 0) is 6.54 Å². The van der Waals surface area contributed by atoms with E-state index < -0.39 is 5.82 Å². The smallest absolute Gasteiger partial charge is 0.124 e. The Kier molecular flexibility index (Phi) is 4.21. The fraction of sp³-hybridized carbons (Fsp3) is 0.188. The van der Waals surface area contributed by atoms with Gasteiger partial charge in [-0.15, -0.1) is 0 Å². The number of ether oxygens (including phenoxy) is 1. The summed E-state index contributed by atoms with van der Waals surface area (Å²) in [6.07, 6.45) is 0. The number of methoxy groups -OCH3 is 1. The van der Waals surface area contributed by atoms with Gasteiger partial charge in [0, 0.05) is 12.2 Å². The van der Waals surface area contributed by atoms with Crippen LogP contribution in [-0.4, -0.2) is 7.11 Å². The molecule has 1 N–H and O–H groups in total. The summed E-state index contributed by atoms with van der Waals surface area (Å²) in [4.78, 5) is 0. The molecule has 0 aliphatic rings. The SMILES string of the molecule is COc1ccc(NCc2cc(F)cc(C#N)c2)c(C)c1. The zero-order valence-electron chi connectivity index (χ0n) is 11.4. The van der Waals surface area contributed by atoms with Crippen LogP contribution in [0.4, 0.5) is 10.1 Å². The molecule has 0 saturated heterocycles. The highest BCUT2D eigenvalue weighted by molar-refractivity contribution is 5.54. The van der Waals surface area contributed by atoms with E-state index in [0.29, 0.717) is 12.1 Å². The fourth-order valence-corrected chi connectivity index (χ4v) is 1.98. The molecule has 0 heterocycles. The second kappa shape index (κ2) is 6.07. The first-order chi connectivity index (χ1) is 9.62. The molecular weight excluding hydrogens is 255 g/mol. The molecule has 2 aromatic rings. The van der Waals surface area contributed by atoms with Gasteiger partial charge in [-0.05, 0) is 54.4 Å². The molecule has 0 spiro atoms. The highest BCUT2D eigenvalue weighted by Crippen LogP contribution is 2.21. The Balaban J connectivity index is 2.13. The van der Waals surface area contributed by atoms with E-state index in [9.17, 15) is 4.39 Å². The predicted octanol–water partition coefficient (Wildman–Crippen LogP) is 3.63. The summed E-state index contributed by atoms with van der Waals surface area (Å²) in [7, 11) is 1.62. The van der Waals surface area contributed by atoms with E-state index in [0.717, 1.165) is 22.6 Å². The molecule has 0 aliphatic heterocycles. The number of benzene rings is 2. The van der Waals surface area contributed by atoms with Crippen molar-refractivity contribution < 1.29 is 9.13 Å². The van der Waals surface area contributed by atoms with E-state index in [-0.39, 0.29) is 0 Å². The Morgan fingerprint density at radius 1 is 1.25 bits per heavy atom. The Bertz CT molecular complexity index is 662. The zero-order valence-corrected chi connectivity index (χ0v) is 11.4. The summed E-state index contributed by atoms with van der Waals surface area (Å²) in [5.74, 6) is 0.401. The van der Waals surface area contributed by atoms with Gasteiger partial charge in [0.15, 0.2) is 0 Å². The van der Waals surface area contributed by atoms with Crippen molar-refractivity contribution in [1.29, 1.82) is 5.26 Å². The van der Waals surface area contributed by atoms with Crippen LogP contribution in [0.5, 0.6) is 5.75 Å². The third-order valence-electron chi connectivity index (χ3n) is 3.00. The first kappa shape index (κ1) is 13.9. The highest BCUT2D eigenvalue weighted by Gasteiger charge is 2.03. The van der Waals surface area contributed by atoms with Crippen molar-refractivity contribution in [3.63, 3.8) is 0 Å². The van der Waals surface area contributed by atoms with Gasteiger partial charge in [0.25, 0.3) is 0 Å². The van der Waals surface area contributed by atoms with Crippen LogP contribution in [0.2, 0.25) is 0 Å². The number of hydrogen-bond donors (Lipinski definition) is 1. The normalized spacial score (nSPS) is 9.90. The molecule has 0 aliphatic carbocycles. The van der Waals surface area contributed by atoms with Crippen molar-refractivity contribution in [3.05, 3.63) is 58.9 Å². The number of hydrogen-bond acceptors (Lipinski definition) is 3. The van der Waals surface area contributed by atoms with E-state index >= 15 is 0 Å². The molecule has 4 heteroatoms. The molecule has 20 heavy (non-hydrogen) atoms. The standard InChI is InChI=1S/C16H15FN2O/c1-11-5-15(20-2)3-4-16(11)19-10-13-6-12(9-18)7-14(17)8-13/h3-8,19H,10H2,1-2H3. The van der Waals surface area contributed by atoms with Crippen molar-refractivity contribution in [2.75, 3.05) is 12.4 Å². The van der Waals surface area contributed by atoms with Gasteiger partial charge < -0.3 is 10.1 Å². The monoisotopic (exact) mass is 270 g/mol. The largest absolute Gasteiger partial charge is 0.497 e. The molecule has 3 nitrogen and oxygen atoms in total. The van der Waals surface area contributed by atoms with E-state index in [2.05, 4.69) is 5.32 Å². The van der Waals surface area contributed by atoms with Crippen molar-refractivity contribution in [3.8, 4) is 11.8 Å². The van der Waals surface area contributed by atoms with Crippen LogP contribution < -0.4 is 10.1 Å². The summed E-state index contributed by atoms with van der Waals surface area (Å²) in [5, 5.41) is 12.0. The van der Waals surface area contributed by atoms with Crippen LogP contribution in [0.1, 0.15) is 16.7 Å². The molecular formula is C16H15FN2O. The first-order valence-electron chi connectivity index (χ1n) is 6.20. The average Bonchev–Trinajstić information content (AvgIpc) is 2.45. The van der Waals surface area contributed by atoms with Crippen molar-refractivity contribution in [2.24, 2.45) is 0 Å². The minimum absolute atomic E-state index is 0.327. The lowest BCUT2D eigenvalue weighted by Crippen LogP contribution is -2.02. The summed E-state index contributed by atoms with van der Waals surface area (Å²) in [6, 6.07) is 12.0. The van der Waals surface area contributed by atoms with Crippen LogP contribution in [0.3, 0.4) is 0 Å². The van der Waals surface area contributed by atoms with Gasteiger partial charge in [0.1, 0.15) is 11.6 Å². The Morgan fingerprint density at radius 3 is 2.70 bits per heavy atom. The van der Waals surface area contributed by atoms with Crippen LogP contribution in [0, 0.1) is 24.1 Å².